The highest BCUT2D eigenvalue weighted by atomic mass is 19.3. The van der Waals surface area contributed by atoms with Crippen LogP contribution in [0, 0.1) is 12.8 Å². The number of aryl methyl sites for hydroxylation is 1. The molecule has 0 bridgehead atoms. The van der Waals surface area contributed by atoms with Crippen molar-refractivity contribution < 1.29 is 13.5 Å². The minimum Gasteiger partial charge on any atom is -0.463 e. The van der Waals surface area contributed by atoms with Crippen LogP contribution in [0.1, 0.15) is 18.4 Å². The first-order chi connectivity index (χ1) is 7.05. The van der Waals surface area contributed by atoms with Crippen LogP contribution in [-0.2, 0) is 0 Å². The maximum atomic E-state index is 12.5. The van der Waals surface area contributed by atoms with E-state index in [1.54, 1.807) is 12.4 Å². The summed E-state index contributed by atoms with van der Waals surface area (Å²) in [5, 5.41) is 0. The molecule has 0 saturated heterocycles. The maximum absolute atomic E-state index is 12.5. The molecule has 2 rings (SSSR count). The second kappa shape index (κ2) is 3.72. The molecule has 82 valence electrons. The van der Waals surface area contributed by atoms with Gasteiger partial charge in [-0.1, -0.05) is 0 Å². The van der Waals surface area contributed by atoms with Crippen LogP contribution in [-0.4, -0.2) is 22.5 Å². The van der Waals surface area contributed by atoms with Gasteiger partial charge in [0.25, 0.3) is 0 Å². The zero-order valence-corrected chi connectivity index (χ0v) is 8.41. The minimum atomic E-state index is -2.48. The monoisotopic (exact) mass is 214 g/mol. The minimum absolute atomic E-state index is 0.0649. The van der Waals surface area contributed by atoms with Crippen LogP contribution in [0.2, 0.25) is 0 Å². The Hall–Kier alpha value is -1.26. The summed E-state index contributed by atoms with van der Waals surface area (Å²) in [5.74, 6) is -2.55. The number of hydrogen-bond donors (Lipinski definition) is 0. The molecule has 1 aliphatic carbocycles. The number of ether oxygens (including phenoxy) is 1. The number of alkyl halides is 2. The first-order valence-corrected chi connectivity index (χ1v) is 4.84. The first kappa shape index (κ1) is 10.3. The van der Waals surface area contributed by atoms with Crippen molar-refractivity contribution >= 4 is 0 Å². The smallest absolute Gasteiger partial charge is 0.316 e. The summed E-state index contributed by atoms with van der Waals surface area (Å²) in [6.07, 6.45) is 3.10. The molecular formula is C10H12F2N2O. The molecule has 1 aromatic heterocycles. The van der Waals surface area contributed by atoms with Crippen LogP contribution in [0.25, 0.3) is 0 Å². The Morgan fingerprint density at radius 3 is 2.53 bits per heavy atom. The fourth-order valence-electron chi connectivity index (χ4n) is 1.55. The lowest BCUT2D eigenvalue weighted by molar-refractivity contribution is -0.119. The summed E-state index contributed by atoms with van der Waals surface area (Å²) in [4.78, 5) is 7.85. The molecule has 0 unspecified atom stereocenters. The Morgan fingerprint density at radius 2 is 2.00 bits per heavy atom. The second-order valence-electron chi connectivity index (χ2n) is 3.98. The SMILES string of the molecule is Cc1cnc(OCC2CC(F)(F)C2)nc1. The second-order valence-corrected chi connectivity index (χ2v) is 3.98. The fourth-order valence-corrected chi connectivity index (χ4v) is 1.55. The average molecular weight is 214 g/mol. The number of hydrogen-bond acceptors (Lipinski definition) is 3. The largest absolute Gasteiger partial charge is 0.463 e. The lowest BCUT2D eigenvalue weighted by atomic mass is 9.82. The molecule has 1 aliphatic rings. The van der Waals surface area contributed by atoms with Crippen LogP contribution in [0.5, 0.6) is 6.01 Å². The van der Waals surface area contributed by atoms with E-state index in [1.165, 1.54) is 0 Å². The Labute approximate surface area is 86.5 Å². The quantitative estimate of drug-likeness (QED) is 0.773. The third kappa shape index (κ3) is 2.61. The lowest BCUT2D eigenvalue weighted by Crippen LogP contribution is -2.38. The number of rotatable bonds is 3. The van der Waals surface area contributed by atoms with E-state index in [1.807, 2.05) is 6.92 Å². The van der Waals surface area contributed by atoms with Gasteiger partial charge in [0, 0.05) is 31.2 Å². The van der Waals surface area contributed by atoms with Crippen molar-refractivity contribution in [2.45, 2.75) is 25.7 Å². The summed E-state index contributed by atoms with van der Waals surface area (Å²) in [6, 6.07) is 0.260. The molecule has 1 saturated carbocycles. The van der Waals surface area contributed by atoms with E-state index in [-0.39, 0.29) is 31.4 Å². The van der Waals surface area contributed by atoms with Gasteiger partial charge in [-0.2, -0.15) is 0 Å². The molecule has 3 nitrogen and oxygen atoms in total. The molecule has 0 amide bonds. The molecule has 1 fully saturated rings. The molecule has 5 heteroatoms. The van der Waals surface area contributed by atoms with E-state index >= 15 is 0 Å². The molecule has 0 atom stereocenters. The predicted octanol–water partition coefficient (Wildman–Crippen LogP) is 2.21. The number of aromatic nitrogens is 2. The summed E-state index contributed by atoms with van der Waals surface area (Å²) < 4.78 is 30.2. The third-order valence-corrected chi connectivity index (χ3v) is 2.38. The van der Waals surface area contributed by atoms with Gasteiger partial charge in [-0.3, -0.25) is 0 Å². The number of halogens is 2. The van der Waals surface area contributed by atoms with Crippen molar-refractivity contribution in [2.24, 2.45) is 5.92 Å². The van der Waals surface area contributed by atoms with Gasteiger partial charge in [0.1, 0.15) is 0 Å². The van der Waals surface area contributed by atoms with E-state index in [9.17, 15) is 8.78 Å². The van der Waals surface area contributed by atoms with Crippen molar-refractivity contribution in [3.05, 3.63) is 18.0 Å². The van der Waals surface area contributed by atoms with E-state index in [0.29, 0.717) is 0 Å². The van der Waals surface area contributed by atoms with Crippen molar-refractivity contribution in [1.29, 1.82) is 0 Å². The first-order valence-electron chi connectivity index (χ1n) is 4.84. The Kier molecular flexibility index (Phi) is 2.54. The van der Waals surface area contributed by atoms with Crippen LogP contribution >= 0.6 is 0 Å². The van der Waals surface area contributed by atoms with Gasteiger partial charge >= 0.3 is 6.01 Å². The summed E-state index contributed by atoms with van der Waals surface area (Å²) in [6.45, 7) is 2.15. The zero-order valence-electron chi connectivity index (χ0n) is 8.41. The third-order valence-electron chi connectivity index (χ3n) is 2.38. The molecule has 1 aromatic rings. The van der Waals surface area contributed by atoms with E-state index in [4.69, 9.17) is 4.74 Å². The van der Waals surface area contributed by atoms with E-state index in [2.05, 4.69) is 9.97 Å². The summed E-state index contributed by atoms with van der Waals surface area (Å²) >= 11 is 0. The van der Waals surface area contributed by atoms with Gasteiger partial charge in [0.05, 0.1) is 6.61 Å². The molecule has 1 heterocycles. The van der Waals surface area contributed by atoms with Gasteiger partial charge < -0.3 is 4.74 Å². The molecule has 0 aliphatic heterocycles. The summed E-state index contributed by atoms with van der Waals surface area (Å²) in [7, 11) is 0. The van der Waals surface area contributed by atoms with Crippen molar-refractivity contribution in [3.63, 3.8) is 0 Å². The van der Waals surface area contributed by atoms with Gasteiger partial charge in [-0.05, 0) is 12.5 Å². The molecule has 0 radical (unpaired) electrons. The molecular weight excluding hydrogens is 202 g/mol. The Bertz CT molecular complexity index is 332. The normalized spacial score (nSPS) is 19.7. The average Bonchev–Trinajstić information content (AvgIpc) is 2.14. The zero-order chi connectivity index (χ0) is 10.9. The van der Waals surface area contributed by atoms with Gasteiger partial charge in [0.15, 0.2) is 0 Å². The molecule has 15 heavy (non-hydrogen) atoms. The maximum Gasteiger partial charge on any atom is 0.316 e. The topological polar surface area (TPSA) is 35.0 Å². The predicted molar refractivity (Wildman–Crippen MR) is 49.9 cm³/mol. The van der Waals surface area contributed by atoms with E-state index in [0.717, 1.165) is 5.56 Å². The van der Waals surface area contributed by atoms with E-state index < -0.39 is 5.92 Å². The van der Waals surface area contributed by atoms with Crippen molar-refractivity contribution in [3.8, 4) is 6.01 Å². The van der Waals surface area contributed by atoms with Crippen molar-refractivity contribution in [1.82, 2.24) is 9.97 Å². The van der Waals surface area contributed by atoms with Crippen LogP contribution < -0.4 is 4.74 Å². The van der Waals surface area contributed by atoms with Crippen LogP contribution in [0.3, 0.4) is 0 Å². The molecule has 0 aromatic carbocycles. The highest BCUT2D eigenvalue weighted by Gasteiger charge is 2.45. The Morgan fingerprint density at radius 1 is 1.40 bits per heavy atom. The fraction of sp³-hybridized carbons (Fsp3) is 0.600. The van der Waals surface area contributed by atoms with Crippen LogP contribution in [0.15, 0.2) is 12.4 Å². The highest BCUT2D eigenvalue weighted by Crippen LogP contribution is 2.42. The summed E-state index contributed by atoms with van der Waals surface area (Å²) in [5.41, 5.74) is 0.942. The number of nitrogens with zero attached hydrogens (tertiary/aromatic N) is 2. The van der Waals surface area contributed by atoms with Gasteiger partial charge in [0.2, 0.25) is 5.92 Å². The standard InChI is InChI=1S/C10H12F2N2O/c1-7-4-13-9(14-5-7)15-6-8-2-10(11,12)3-8/h4-5,8H,2-3,6H2,1H3. The Balaban J connectivity index is 1.77. The lowest BCUT2D eigenvalue weighted by Gasteiger charge is -2.34. The van der Waals surface area contributed by atoms with Crippen molar-refractivity contribution in [2.75, 3.05) is 6.61 Å². The van der Waals surface area contributed by atoms with Gasteiger partial charge in [-0.25, -0.2) is 18.7 Å². The van der Waals surface area contributed by atoms with Crippen LogP contribution in [0.4, 0.5) is 8.78 Å². The molecule has 0 spiro atoms. The van der Waals surface area contributed by atoms with Gasteiger partial charge in [-0.15, -0.1) is 0 Å². The highest BCUT2D eigenvalue weighted by molar-refractivity contribution is 5.04. The molecule has 0 N–H and O–H groups in total.